The number of amides is 1. The van der Waals surface area contributed by atoms with Gasteiger partial charge in [0.15, 0.2) is 0 Å². The number of anilines is 1. The fourth-order valence-electron chi connectivity index (χ4n) is 1.50. The lowest BCUT2D eigenvalue weighted by Crippen LogP contribution is -2.40. The highest BCUT2D eigenvalue weighted by atomic mass is 16.4. The topological polar surface area (TPSA) is 82.5 Å². The molecule has 0 saturated heterocycles. The van der Waals surface area contributed by atoms with Crippen LogP contribution in [0.5, 0.6) is 0 Å². The van der Waals surface area contributed by atoms with E-state index >= 15 is 0 Å². The Bertz CT molecular complexity index is 474. The predicted octanol–water partition coefficient (Wildman–Crippen LogP) is 1.45. The molecule has 104 valence electrons. The average molecular weight is 265 g/mol. The van der Waals surface area contributed by atoms with E-state index in [1.54, 1.807) is 18.3 Å². The van der Waals surface area contributed by atoms with Crippen LogP contribution >= 0.6 is 0 Å². The highest BCUT2D eigenvalue weighted by Gasteiger charge is 2.24. The molecule has 1 atom stereocenters. The van der Waals surface area contributed by atoms with Gasteiger partial charge in [-0.2, -0.15) is 0 Å². The van der Waals surface area contributed by atoms with Gasteiger partial charge in [0.1, 0.15) is 11.9 Å². The molecule has 1 amide bonds. The second kappa shape index (κ2) is 6.17. The van der Waals surface area contributed by atoms with Gasteiger partial charge in [-0.25, -0.2) is 9.78 Å². The summed E-state index contributed by atoms with van der Waals surface area (Å²) in [5.74, 6) is -0.948. The number of nitrogens with zero attached hydrogens (tertiary/aromatic N) is 2. The SMILES string of the molecule is CC(C)Nc1ncccc1C(=O)N(C)C(C)C(=O)O. The van der Waals surface area contributed by atoms with Gasteiger partial charge in [0, 0.05) is 19.3 Å². The summed E-state index contributed by atoms with van der Waals surface area (Å²) < 4.78 is 0. The molecule has 0 fully saturated rings. The average Bonchev–Trinajstić information content (AvgIpc) is 2.36. The van der Waals surface area contributed by atoms with Crippen LogP contribution in [0.25, 0.3) is 0 Å². The van der Waals surface area contributed by atoms with Crippen molar-refractivity contribution >= 4 is 17.7 Å². The van der Waals surface area contributed by atoms with E-state index in [9.17, 15) is 9.59 Å². The number of carbonyl (C=O) groups excluding carboxylic acids is 1. The summed E-state index contributed by atoms with van der Waals surface area (Å²) in [7, 11) is 1.47. The fourth-order valence-corrected chi connectivity index (χ4v) is 1.50. The van der Waals surface area contributed by atoms with E-state index in [1.807, 2.05) is 13.8 Å². The van der Waals surface area contributed by atoms with Crippen LogP contribution < -0.4 is 5.32 Å². The Labute approximate surface area is 112 Å². The highest BCUT2D eigenvalue weighted by molar-refractivity contribution is 6.00. The van der Waals surface area contributed by atoms with Crippen molar-refractivity contribution in [3.8, 4) is 0 Å². The van der Waals surface area contributed by atoms with Crippen LogP contribution in [-0.2, 0) is 4.79 Å². The smallest absolute Gasteiger partial charge is 0.326 e. The van der Waals surface area contributed by atoms with Crippen molar-refractivity contribution in [2.45, 2.75) is 32.9 Å². The number of aliphatic carboxylic acids is 1. The summed E-state index contributed by atoms with van der Waals surface area (Å²) >= 11 is 0. The Hall–Kier alpha value is -2.11. The van der Waals surface area contributed by atoms with Gasteiger partial charge in [-0.1, -0.05) is 0 Å². The molecule has 0 spiro atoms. The zero-order valence-electron chi connectivity index (χ0n) is 11.5. The number of hydrogen-bond acceptors (Lipinski definition) is 4. The van der Waals surface area contributed by atoms with Crippen molar-refractivity contribution in [3.63, 3.8) is 0 Å². The first-order valence-electron chi connectivity index (χ1n) is 6.06. The molecule has 1 aromatic rings. The Morgan fingerprint density at radius 1 is 1.37 bits per heavy atom. The molecule has 0 aliphatic carbocycles. The lowest BCUT2D eigenvalue weighted by Gasteiger charge is -2.23. The molecule has 0 radical (unpaired) electrons. The van der Waals surface area contributed by atoms with E-state index in [0.29, 0.717) is 11.4 Å². The Morgan fingerprint density at radius 3 is 2.53 bits per heavy atom. The summed E-state index contributed by atoms with van der Waals surface area (Å²) in [6, 6.07) is 2.52. The second-order valence-electron chi connectivity index (χ2n) is 4.63. The minimum Gasteiger partial charge on any atom is -0.480 e. The van der Waals surface area contributed by atoms with Gasteiger partial charge >= 0.3 is 5.97 Å². The maximum Gasteiger partial charge on any atom is 0.326 e. The Balaban J connectivity index is 3.02. The van der Waals surface area contributed by atoms with Crippen LogP contribution in [0.4, 0.5) is 5.82 Å². The molecule has 6 heteroatoms. The molecule has 0 aliphatic rings. The molecule has 0 bridgehead atoms. The van der Waals surface area contributed by atoms with E-state index < -0.39 is 12.0 Å². The number of rotatable bonds is 5. The first kappa shape index (κ1) is 14.9. The zero-order valence-corrected chi connectivity index (χ0v) is 11.5. The number of hydrogen-bond donors (Lipinski definition) is 2. The highest BCUT2D eigenvalue weighted by Crippen LogP contribution is 2.16. The number of likely N-dealkylation sites (N-methyl/N-ethyl adjacent to an activating group) is 1. The molecule has 0 saturated carbocycles. The van der Waals surface area contributed by atoms with Gasteiger partial charge in [-0.3, -0.25) is 4.79 Å². The lowest BCUT2D eigenvalue weighted by atomic mass is 10.2. The van der Waals surface area contributed by atoms with Crippen LogP contribution in [0, 0.1) is 0 Å². The Kier molecular flexibility index (Phi) is 4.86. The molecule has 19 heavy (non-hydrogen) atoms. The van der Waals surface area contributed by atoms with Crippen molar-refractivity contribution < 1.29 is 14.7 Å². The first-order valence-corrected chi connectivity index (χ1v) is 6.06. The van der Waals surface area contributed by atoms with Gasteiger partial charge in [0.05, 0.1) is 5.56 Å². The lowest BCUT2D eigenvalue weighted by molar-refractivity contribution is -0.141. The zero-order chi connectivity index (χ0) is 14.6. The largest absolute Gasteiger partial charge is 0.480 e. The molecule has 1 heterocycles. The maximum absolute atomic E-state index is 12.3. The van der Waals surface area contributed by atoms with Gasteiger partial charge in [-0.15, -0.1) is 0 Å². The summed E-state index contributed by atoms with van der Waals surface area (Å²) in [5.41, 5.74) is 0.367. The molecule has 0 aliphatic heterocycles. The molecular weight excluding hydrogens is 246 g/mol. The van der Waals surface area contributed by atoms with E-state index in [0.717, 1.165) is 0 Å². The van der Waals surface area contributed by atoms with Gasteiger partial charge < -0.3 is 15.3 Å². The minimum atomic E-state index is -1.04. The third-order valence-corrected chi connectivity index (χ3v) is 2.72. The van der Waals surface area contributed by atoms with E-state index in [4.69, 9.17) is 5.11 Å². The van der Waals surface area contributed by atoms with Crippen LogP contribution in [-0.4, -0.2) is 46.0 Å². The monoisotopic (exact) mass is 265 g/mol. The molecule has 0 aromatic carbocycles. The second-order valence-corrected chi connectivity index (χ2v) is 4.63. The van der Waals surface area contributed by atoms with Crippen molar-refractivity contribution in [3.05, 3.63) is 23.9 Å². The van der Waals surface area contributed by atoms with Gasteiger partial charge in [-0.05, 0) is 32.9 Å². The molecule has 1 aromatic heterocycles. The third-order valence-electron chi connectivity index (χ3n) is 2.72. The normalized spacial score (nSPS) is 12.1. The quantitative estimate of drug-likeness (QED) is 0.842. The van der Waals surface area contributed by atoms with E-state index in [1.165, 1.54) is 18.9 Å². The summed E-state index contributed by atoms with van der Waals surface area (Å²) in [5, 5.41) is 12.0. The van der Waals surface area contributed by atoms with Crippen LogP contribution in [0.1, 0.15) is 31.1 Å². The van der Waals surface area contributed by atoms with Crippen molar-refractivity contribution in [2.24, 2.45) is 0 Å². The predicted molar refractivity (Wildman–Crippen MR) is 72.2 cm³/mol. The number of carboxylic acid groups (broad SMARTS) is 1. The van der Waals surface area contributed by atoms with Crippen molar-refractivity contribution in [2.75, 3.05) is 12.4 Å². The minimum absolute atomic E-state index is 0.128. The number of carbonyl (C=O) groups is 2. The van der Waals surface area contributed by atoms with E-state index in [2.05, 4.69) is 10.3 Å². The fraction of sp³-hybridized carbons (Fsp3) is 0.462. The molecule has 1 unspecified atom stereocenters. The van der Waals surface area contributed by atoms with Gasteiger partial charge in [0.2, 0.25) is 0 Å². The van der Waals surface area contributed by atoms with Gasteiger partial charge in [0.25, 0.3) is 5.91 Å². The molecule has 2 N–H and O–H groups in total. The standard InChI is InChI=1S/C13H19N3O3/c1-8(2)15-11-10(6-5-7-14-11)12(17)16(4)9(3)13(18)19/h5-9H,1-4H3,(H,14,15)(H,18,19). The van der Waals surface area contributed by atoms with Crippen LogP contribution in [0.2, 0.25) is 0 Å². The summed E-state index contributed by atoms with van der Waals surface area (Å²) in [6.45, 7) is 5.34. The third kappa shape index (κ3) is 3.67. The number of aromatic nitrogens is 1. The molecular formula is C13H19N3O3. The summed E-state index contributed by atoms with van der Waals surface area (Å²) in [4.78, 5) is 28.5. The number of pyridine rings is 1. The van der Waals surface area contributed by atoms with E-state index in [-0.39, 0.29) is 11.9 Å². The summed E-state index contributed by atoms with van der Waals surface area (Å²) in [6.07, 6.45) is 1.59. The first-order chi connectivity index (χ1) is 8.84. The van der Waals surface area contributed by atoms with Crippen LogP contribution in [0.15, 0.2) is 18.3 Å². The molecule has 1 rings (SSSR count). The number of carboxylic acids is 1. The van der Waals surface area contributed by atoms with Crippen molar-refractivity contribution in [1.82, 2.24) is 9.88 Å². The van der Waals surface area contributed by atoms with Crippen molar-refractivity contribution in [1.29, 1.82) is 0 Å². The molecule has 6 nitrogen and oxygen atoms in total. The number of nitrogens with one attached hydrogen (secondary N) is 1. The van der Waals surface area contributed by atoms with Crippen LogP contribution in [0.3, 0.4) is 0 Å². The maximum atomic E-state index is 12.3. The Morgan fingerprint density at radius 2 is 2.00 bits per heavy atom.